The van der Waals surface area contributed by atoms with E-state index in [9.17, 15) is 9.59 Å². The van der Waals surface area contributed by atoms with Crippen molar-refractivity contribution in [3.05, 3.63) is 63.2 Å². The van der Waals surface area contributed by atoms with E-state index in [-0.39, 0.29) is 24.1 Å². The van der Waals surface area contributed by atoms with Gasteiger partial charge < -0.3 is 5.32 Å². The Morgan fingerprint density at radius 1 is 1.22 bits per heavy atom. The van der Waals surface area contributed by atoms with Gasteiger partial charge in [-0.15, -0.1) is 0 Å². The van der Waals surface area contributed by atoms with Crippen LogP contribution in [-0.4, -0.2) is 20.3 Å². The molecule has 0 saturated carbocycles. The minimum atomic E-state index is -0.193. The second-order valence-corrected chi connectivity index (χ2v) is 6.96. The standard InChI is InChI=1S/C21H26N4O2/c1-6-25-16(5)21(15(4)23-25)14(3)22-19(26)12-24-18-10-8-7-9-17(18)13(2)11-20(24)27/h7-11,14H,6,12H2,1-5H3,(H,22,26)/t14-/m1/s1. The third-order valence-corrected chi connectivity index (χ3v) is 5.07. The highest BCUT2D eigenvalue weighted by Crippen LogP contribution is 2.21. The first-order chi connectivity index (χ1) is 12.8. The zero-order valence-electron chi connectivity index (χ0n) is 16.5. The van der Waals surface area contributed by atoms with Gasteiger partial charge in [0.1, 0.15) is 6.54 Å². The maximum absolute atomic E-state index is 12.7. The molecule has 2 heterocycles. The van der Waals surface area contributed by atoms with Crippen molar-refractivity contribution in [2.45, 2.75) is 53.8 Å². The van der Waals surface area contributed by atoms with E-state index in [0.29, 0.717) is 0 Å². The van der Waals surface area contributed by atoms with Crippen LogP contribution in [0.15, 0.2) is 35.1 Å². The molecule has 2 aromatic heterocycles. The smallest absolute Gasteiger partial charge is 0.251 e. The quantitative estimate of drug-likeness (QED) is 0.755. The van der Waals surface area contributed by atoms with Crippen LogP contribution >= 0.6 is 0 Å². The number of pyridine rings is 1. The summed E-state index contributed by atoms with van der Waals surface area (Å²) in [7, 11) is 0. The molecule has 6 heteroatoms. The zero-order chi connectivity index (χ0) is 19.7. The fourth-order valence-corrected chi connectivity index (χ4v) is 3.81. The number of aromatic nitrogens is 3. The molecule has 3 rings (SSSR count). The lowest BCUT2D eigenvalue weighted by Gasteiger charge is -2.17. The Morgan fingerprint density at radius 3 is 2.59 bits per heavy atom. The number of carbonyl (C=O) groups is 1. The number of hydrogen-bond acceptors (Lipinski definition) is 3. The summed E-state index contributed by atoms with van der Waals surface area (Å²) in [5.41, 5.74) is 4.53. The molecule has 1 atom stereocenters. The number of nitrogens with one attached hydrogen (secondary N) is 1. The molecule has 0 fully saturated rings. The minimum absolute atomic E-state index is 0.00994. The zero-order valence-corrected chi connectivity index (χ0v) is 16.5. The van der Waals surface area contributed by atoms with Crippen LogP contribution < -0.4 is 10.9 Å². The van der Waals surface area contributed by atoms with E-state index in [1.165, 1.54) is 4.57 Å². The van der Waals surface area contributed by atoms with Gasteiger partial charge in [0.2, 0.25) is 5.91 Å². The highest BCUT2D eigenvalue weighted by Gasteiger charge is 2.19. The molecule has 0 aliphatic rings. The van der Waals surface area contributed by atoms with Crippen LogP contribution in [0.3, 0.4) is 0 Å². The molecule has 0 radical (unpaired) electrons. The van der Waals surface area contributed by atoms with Gasteiger partial charge in [0, 0.05) is 29.3 Å². The van der Waals surface area contributed by atoms with E-state index in [0.717, 1.165) is 40.0 Å². The van der Waals surface area contributed by atoms with Gasteiger partial charge in [-0.25, -0.2) is 0 Å². The third-order valence-electron chi connectivity index (χ3n) is 5.07. The van der Waals surface area contributed by atoms with Crippen LogP contribution in [0.1, 0.15) is 42.4 Å². The second kappa shape index (κ2) is 7.39. The van der Waals surface area contributed by atoms with Crippen LogP contribution in [-0.2, 0) is 17.9 Å². The van der Waals surface area contributed by atoms with Gasteiger partial charge in [-0.1, -0.05) is 18.2 Å². The highest BCUT2D eigenvalue weighted by molar-refractivity contribution is 5.84. The first kappa shape index (κ1) is 18.9. The first-order valence-corrected chi connectivity index (χ1v) is 9.26. The lowest BCUT2D eigenvalue weighted by Crippen LogP contribution is -2.34. The maximum atomic E-state index is 12.7. The third kappa shape index (κ3) is 3.52. The summed E-state index contributed by atoms with van der Waals surface area (Å²) in [6.45, 7) is 10.6. The molecule has 1 aromatic carbocycles. The Bertz CT molecular complexity index is 1060. The summed E-state index contributed by atoms with van der Waals surface area (Å²) < 4.78 is 3.46. The van der Waals surface area contributed by atoms with Gasteiger partial charge in [-0.3, -0.25) is 18.8 Å². The van der Waals surface area contributed by atoms with Crippen LogP contribution in [0.25, 0.3) is 10.9 Å². The Kier molecular flexibility index (Phi) is 5.17. The summed E-state index contributed by atoms with van der Waals surface area (Å²) in [6.07, 6.45) is 0. The van der Waals surface area contributed by atoms with Crippen molar-refractivity contribution in [1.29, 1.82) is 0 Å². The fraction of sp³-hybridized carbons (Fsp3) is 0.381. The summed E-state index contributed by atoms with van der Waals surface area (Å²) in [5.74, 6) is -0.193. The van der Waals surface area contributed by atoms with Gasteiger partial charge in [-0.05, 0) is 46.2 Å². The summed E-state index contributed by atoms with van der Waals surface area (Å²) in [6, 6.07) is 9.06. The Morgan fingerprint density at radius 2 is 1.93 bits per heavy atom. The number of para-hydroxylation sites is 1. The molecule has 6 nitrogen and oxygen atoms in total. The monoisotopic (exact) mass is 366 g/mol. The number of carbonyl (C=O) groups excluding carboxylic acids is 1. The van der Waals surface area contributed by atoms with Gasteiger partial charge in [0.25, 0.3) is 5.56 Å². The average Bonchev–Trinajstić information content (AvgIpc) is 2.92. The molecule has 0 bridgehead atoms. The number of hydrogen-bond donors (Lipinski definition) is 1. The van der Waals surface area contributed by atoms with Crippen molar-refractivity contribution >= 4 is 16.8 Å². The molecule has 1 amide bonds. The van der Waals surface area contributed by atoms with Crippen LogP contribution in [0.2, 0.25) is 0 Å². The number of nitrogens with zero attached hydrogens (tertiary/aromatic N) is 3. The minimum Gasteiger partial charge on any atom is -0.348 e. The molecule has 142 valence electrons. The highest BCUT2D eigenvalue weighted by atomic mass is 16.2. The van der Waals surface area contributed by atoms with E-state index in [4.69, 9.17) is 0 Å². The van der Waals surface area contributed by atoms with Crippen LogP contribution in [0, 0.1) is 20.8 Å². The molecule has 0 spiro atoms. The van der Waals surface area contributed by atoms with Gasteiger partial charge in [0.15, 0.2) is 0 Å². The Hall–Kier alpha value is -2.89. The molecule has 27 heavy (non-hydrogen) atoms. The Labute approximate surface area is 158 Å². The molecule has 1 N–H and O–H groups in total. The molecule has 3 aromatic rings. The van der Waals surface area contributed by atoms with Crippen molar-refractivity contribution in [2.24, 2.45) is 0 Å². The van der Waals surface area contributed by atoms with E-state index in [1.807, 2.05) is 63.6 Å². The van der Waals surface area contributed by atoms with E-state index >= 15 is 0 Å². The van der Waals surface area contributed by atoms with Crippen molar-refractivity contribution in [3.63, 3.8) is 0 Å². The number of aryl methyl sites for hydroxylation is 3. The van der Waals surface area contributed by atoms with Crippen molar-refractivity contribution < 1.29 is 4.79 Å². The number of benzene rings is 1. The Balaban J connectivity index is 1.86. The van der Waals surface area contributed by atoms with Crippen molar-refractivity contribution in [3.8, 4) is 0 Å². The summed E-state index contributed by atoms with van der Waals surface area (Å²) in [5, 5.41) is 8.51. The lowest BCUT2D eigenvalue weighted by molar-refractivity contribution is -0.122. The molecule has 0 saturated heterocycles. The van der Waals surface area contributed by atoms with Crippen LogP contribution in [0.4, 0.5) is 0 Å². The van der Waals surface area contributed by atoms with Crippen LogP contribution in [0.5, 0.6) is 0 Å². The van der Waals surface area contributed by atoms with Gasteiger partial charge in [0.05, 0.1) is 17.3 Å². The fourth-order valence-electron chi connectivity index (χ4n) is 3.81. The topological polar surface area (TPSA) is 68.9 Å². The number of fused-ring (bicyclic) bond motifs is 1. The molecular weight excluding hydrogens is 340 g/mol. The second-order valence-electron chi connectivity index (χ2n) is 6.96. The van der Waals surface area contributed by atoms with Crippen molar-refractivity contribution in [2.75, 3.05) is 0 Å². The predicted molar refractivity (Wildman–Crippen MR) is 107 cm³/mol. The average molecular weight is 366 g/mol. The summed E-state index contributed by atoms with van der Waals surface area (Å²) >= 11 is 0. The van der Waals surface area contributed by atoms with E-state index in [1.54, 1.807) is 6.07 Å². The first-order valence-electron chi connectivity index (χ1n) is 9.26. The predicted octanol–water partition coefficient (Wildman–Crippen LogP) is 3.02. The normalized spacial score (nSPS) is 12.3. The number of amides is 1. The SMILES string of the molecule is CCn1nc(C)c([C@@H](C)NC(=O)Cn2c(=O)cc(C)c3ccccc32)c1C. The molecule has 0 unspecified atom stereocenters. The molecule has 0 aliphatic carbocycles. The number of rotatable bonds is 5. The van der Waals surface area contributed by atoms with E-state index in [2.05, 4.69) is 10.4 Å². The van der Waals surface area contributed by atoms with Gasteiger partial charge >= 0.3 is 0 Å². The van der Waals surface area contributed by atoms with Crippen molar-refractivity contribution in [1.82, 2.24) is 19.7 Å². The molecule has 0 aliphatic heterocycles. The summed E-state index contributed by atoms with van der Waals surface area (Å²) in [4.78, 5) is 25.1. The molecular formula is C21H26N4O2. The van der Waals surface area contributed by atoms with Gasteiger partial charge in [-0.2, -0.15) is 5.10 Å². The maximum Gasteiger partial charge on any atom is 0.251 e. The largest absolute Gasteiger partial charge is 0.348 e. The lowest BCUT2D eigenvalue weighted by atomic mass is 10.1. The van der Waals surface area contributed by atoms with E-state index < -0.39 is 0 Å².